The minimum atomic E-state index is -0.366. The SMILES string of the molecule is CC1CCN(c2ccc([N+](=O)[O-])cc2C=Nc2sc3c(c2C(=O)Nc2ccccc2)CC[C@@H](C(C)(C)C)C3)CC1. The van der Waals surface area contributed by atoms with Crippen molar-refractivity contribution in [3.8, 4) is 0 Å². The zero-order chi connectivity index (χ0) is 28.4. The molecule has 7 nitrogen and oxygen atoms in total. The Kier molecular flexibility index (Phi) is 8.08. The smallest absolute Gasteiger partial charge is 0.270 e. The van der Waals surface area contributed by atoms with Gasteiger partial charge in [-0.25, -0.2) is 4.99 Å². The van der Waals surface area contributed by atoms with Gasteiger partial charge in [-0.1, -0.05) is 45.9 Å². The first-order valence-corrected chi connectivity index (χ1v) is 15.0. The number of nitrogens with one attached hydrogen (secondary N) is 1. The van der Waals surface area contributed by atoms with Gasteiger partial charge in [-0.2, -0.15) is 0 Å². The summed E-state index contributed by atoms with van der Waals surface area (Å²) in [4.78, 5) is 33.3. The molecule has 0 unspecified atom stereocenters. The van der Waals surface area contributed by atoms with Crippen LogP contribution in [0.25, 0.3) is 0 Å². The molecule has 1 atom stereocenters. The largest absolute Gasteiger partial charge is 0.371 e. The molecule has 1 amide bonds. The van der Waals surface area contributed by atoms with Gasteiger partial charge < -0.3 is 10.2 Å². The Morgan fingerprint density at radius 2 is 1.85 bits per heavy atom. The number of nitro benzene ring substituents is 1. The number of aliphatic imine (C=N–C) groups is 1. The van der Waals surface area contributed by atoms with E-state index in [4.69, 9.17) is 4.99 Å². The molecule has 8 heteroatoms. The topological polar surface area (TPSA) is 87.8 Å². The highest BCUT2D eigenvalue weighted by Gasteiger charge is 2.34. The number of non-ortho nitro benzene ring substituents is 1. The van der Waals surface area contributed by atoms with E-state index in [1.165, 1.54) is 4.88 Å². The molecule has 0 saturated carbocycles. The third-order valence-corrected chi connectivity index (χ3v) is 9.56. The third-order valence-electron chi connectivity index (χ3n) is 8.40. The standard InChI is InChI=1S/C32H38N4O3S/c1-21-14-16-35(17-15-21)27-13-11-25(36(38)39)18-22(27)20-33-31-29(30(37)34-24-8-6-5-7-9-24)26-12-10-23(32(2,3)4)19-28(26)40-31/h5-9,11,13,18,20-21,23H,10,12,14-17,19H2,1-4H3,(H,34,37)/t23-/m1/s1. The van der Waals surface area contributed by atoms with Crippen LogP contribution in [0.5, 0.6) is 0 Å². The quantitative estimate of drug-likeness (QED) is 0.188. The number of nitrogens with zero attached hydrogens (tertiary/aromatic N) is 3. The minimum absolute atomic E-state index is 0.0381. The number of fused-ring (bicyclic) bond motifs is 1. The molecule has 2 aromatic carbocycles. The number of hydrogen-bond acceptors (Lipinski definition) is 6. The Balaban J connectivity index is 1.54. The van der Waals surface area contributed by atoms with Crippen molar-refractivity contribution in [2.45, 2.75) is 59.8 Å². The molecule has 5 rings (SSSR count). The molecule has 0 spiro atoms. The van der Waals surface area contributed by atoms with Crippen LogP contribution in [0.15, 0.2) is 53.5 Å². The summed E-state index contributed by atoms with van der Waals surface area (Å²) in [6.07, 6.45) is 6.70. The molecule has 40 heavy (non-hydrogen) atoms. The summed E-state index contributed by atoms with van der Waals surface area (Å²) in [6, 6.07) is 14.5. The summed E-state index contributed by atoms with van der Waals surface area (Å²) in [7, 11) is 0. The van der Waals surface area contributed by atoms with Crippen LogP contribution in [0.2, 0.25) is 0 Å². The van der Waals surface area contributed by atoms with Gasteiger partial charge in [0.2, 0.25) is 0 Å². The number of carbonyl (C=O) groups excluding carboxylic acids is 1. The van der Waals surface area contributed by atoms with Crippen molar-refractivity contribution in [3.63, 3.8) is 0 Å². The maximum Gasteiger partial charge on any atom is 0.270 e. The number of amides is 1. The summed E-state index contributed by atoms with van der Waals surface area (Å²) in [5.41, 5.74) is 4.34. The van der Waals surface area contributed by atoms with E-state index in [9.17, 15) is 14.9 Å². The summed E-state index contributed by atoms with van der Waals surface area (Å²) in [5.74, 6) is 1.05. The first kappa shape index (κ1) is 28.0. The highest BCUT2D eigenvalue weighted by atomic mass is 32.1. The number of rotatable bonds is 6. The fourth-order valence-corrected chi connectivity index (χ4v) is 7.04. The van der Waals surface area contributed by atoms with Crippen LogP contribution in [0, 0.1) is 27.4 Å². The van der Waals surface area contributed by atoms with Crippen LogP contribution in [0.1, 0.15) is 73.3 Å². The Hall–Kier alpha value is -3.52. The van der Waals surface area contributed by atoms with Gasteiger partial charge in [-0.15, -0.1) is 11.3 Å². The number of thiophene rings is 1. The summed E-state index contributed by atoms with van der Waals surface area (Å²) in [6.45, 7) is 10.9. The lowest BCUT2D eigenvalue weighted by Gasteiger charge is -2.33. The Morgan fingerprint density at radius 1 is 1.12 bits per heavy atom. The van der Waals surface area contributed by atoms with Crippen molar-refractivity contribution in [3.05, 3.63) is 80.2 Å². The monoisotopic (exact) mass is 558 g/mol. The molecule has 1 saturated heterocycles. The van der Waals surface area contributed by atoms with Crippen LogP contribution in [0.3, 0.4) is 0 Å². The van der Waals surface area contributed by atoms with E-state index >= 15 is 0 Å². The van der Waals surface area contributed by atoms with Gasteiger partial charge in [0, 0.05) is 53.3 Å². The van der Waals surface area contributed by atoms with Gasteiger partial charge in [0.15, 0.2) is 0 Å². The molecule has 3 aromatic rings. The van der Waals surface area contributed by atoms with E-state index in [0.717, 1.165) is 62.1 Å². The van der Waals surface area contributed by atoms with Crippen molar-refractivity contribution in [2.24, 2.45) is 22.2 Å². The highest BCUT2D eigenvalue weighted by Crippen LogP contribution is 2.45. The molecule has 1 aliphatic carbocycles. The minimum Gasteiger partial charge on any atom is -0.371 e. The first-order valence-electron chi connectivity index (χ1n) is 14.2. The van der Waals surface area contributed by atoms with Crippen LogP contribution < -0.4 is 10.2 Å². The Labute approximate surface area is 240 Å². The van der Waals surface area contributed by atoms with Crippen LogP contribution >= 0.6 is 11.3 Å². The predicted octanol–water partition coefficient (Wildman–Crippen LogP) is 8.05. The fraction of sp³-hybridized carbons (Fsp3) is 0.438. The van der Waals surface area contributed by atoms with E-state index in [0.29, 0.717) is 28.0 Å². The Bertz CT molecular complexity index is 1420. The third kappa shape index (κ3) is 6.12. The number of benzene rings is 2. The lowest BCUT2D eigenvalue weighted by molar-refractivity contribution is -0.384. The number of para-hydroxylation sites is 1. The first-order chi connectivity index (χ1) is 19.1. The van der Waals surface area contributed by atoms with Crippen molar-refractivity contribution in [1.82, 2.24) is 0 Å². The fourth-order valence-electron chi connectivity index (χ4n) is 5.78. The number of hydrogen-bond donors (Lipinski definition) is 1. The molecule has 0 bridgehead atoms. The average Bonchev–Trinajstić information content (AvgIpc) is 3.30. The lowest BCUT2D eigenvalue weighted by atomic mass is 9.72. The second kappa shape index (κ2) is 11.5. The number of anilines is 2. The van der Waals surface area contributed by atoms with Crippen molar-refractivity contribution in [1.29, 1.82) is 0 Å². The van der Waals surface area contributed by atoms with Crippen LogP contribution in [-0.4, -0.2) is 30.1 Å². The van der Waals surface area contributed by atoms with E-state index in [2.05, 4.69) is 37.9 Å². The zero-order valence-corrected chi connectivity index (χ0v) is 24.6. The van der Waals surface area contributed by atoms with E-state index < -0.39 is 0 Å². The predicted molar refractivity (Wildman–Crippen MR) is 165 cm³/mol. The molecular formula is C32H38N4O3S. The van der Waals surface area contributed by atoms with Crippen molar-refractivity contribution in [2.75, 3.05) is 23.3 Å². The van der Waals surface area contributed by atoms with Crippen molar-refractivity contribution >= 4 is 45.5 Å². The highest BCUT2D eigenvalue weighted by molar-refractivity contribution is 7.16. The van der Waals surface area contributed by atoms with Gasteiger partial charge >= 0.3 is 0 Å². The molecule has 210 valence electrons. The lowest BCUT2D eigenvalue weighted by Crippen LogP contribution is -2.33. The summed E-state index contributed by atoms with van der Waals surface area (Å²) < 4.78 is 0. The van der Waals surface area contributed by atoms with E-state index in [-0.39, 0.29) is 21.9 Å². The maximum atomic E-state index is 13.7. The average molecular weight is 559 g/mol. The zero-order valence-electron chi connectivity index (χ0n) is 23.8. The van der Waals surface area contributed by atoms with Crippen molar-refractivity contribution < 1.29 is 9.72 Å². The van der Waals surface area contributed by atoms with E-state index in [1.807, 2.05) is 36.4 Å². The van der Waals surface area contributed by atoms with Gasteiger partial charge in [0.05, 0.1) is 10.5 Å². The summed E-state index contributed by atoms with van der Waals surface area (Å²) in [5, 5.41) is 15.3. The van der Waals surface area contributed by atoms with Gasteiger partial charge in [-0.3, -0.25) is 14.9 Å². The molecule has 1 N–H and O–H groups in total. The van der Waals surface area contributed by atoms with Crippen LogP contribution in [-0.2, 0) is 12.8 Å². The Morgan fingerprint density at radius 3 is 2.52 bits per heavy atom. The molecular weight excluding hydrogens is 520 g/mol. The normalized spacial score (nSPS) is 18.1. The molecule has 1 aliphatic heterocycles. The van der Waals surface area contributed by atoms with E-state index in [1.54, 1.807) is 29.7 Å². The second-order valence-corrected chi connectivity index (χ2v) is 13.3. The van der Waals surface area contributed by atoms with Gasteiger partial charge in [-0.05, 0) is 73.1 Å². The molecule has 2 heterocycles. The molecule has 1 fully saturated rings. The number of piperidine rings is 1. The molecule has 1 aromatic heterocycles. The number of nitro groups is 1. The summed E-state index contributed by atoms with van der Waals surface area (Å²) >= 11 is 1.59. The molecule has 0 radical (unpaired) electrons. The maximum absolute atomic E-state index is 13.7. The van der Waals surface area contributed by atoms with Gasteiger partial charge in [0.1, 0.15) is 5.00 Å². The second-order valence-electron chi connectivity index (χ2n) is 12.2. The number of carbonyl (C=O) groups is 1. The molecule has 2 aliphatic rings. The van der Waals surface area contributed by atoms with Crippen LogP contribution in [0.4, 0.5) is 22.1 Å². The van der Waals surface area contributed by atoms with Gasteiger partial charge in [0.25, 0.3) is 11.6 Å².